The zero-order chi connectivity index (χ0) is 11.1. The number of aryl methyl sites for hydroxylation is 1. The lowest BCUT2D eigenvalue weighted by molar-refractivity contribution is 0.386. The van der Waals surface area contributed by atoms with Crippen LogP contribution in [-0.2, 0) is 5.54 Å². The third kappa shape index (κ3) is 1.67. The van der Waals surface area contributed by atoms with Gasteiger partial charge in [0.15, 0.2) is 0 Å². The van der Waals surface area contributed by atoms with Crippen LogP contribution >= 0.6 is 0 Å². The van der Waals surface area contributed by atoms with E-state index < -0.39 is 0 Å². The van der Waals surface area contributed by atoms with Gasteiger partial charge in [0, 0.05) is 17.2 Å². The predicted octanol–water partition coefficient (Wildman–Crippen LogP) is 1.96. The molecule has 1 aromatic rings. The summed E-state index contributed by atoms with van der Waals surface area (Å²) < 4.78 is 10.6. The minimum absolute atomic E-state index is 0.165. The Morgan fingerprint density at radius 2 is 1.87 bits per heavy atom. The summed E-state index contributed by atoms with van der Waals surface area (Å²) in [5, 5.41) is 0. The van der Waals surface area contributed by atoms with E-state index in [0.29, 0.717) is 0 Å². The molecule has 0 unspecified atom stereocenters. The first-order valence-corrected chi connectivity index (χ1v) is 5.13. The van der Waals surface area contributed by atoms with E-state index in [1.54, 1.807) is 14.2 Å². The van der Waals surface area contributed by atoms with Crippen molar-refractivity contribution in [3.05, 3.63) is 23.3 Å². The van der Waals surface area contributed by atoms with Crippen LogP contribution in [0.5, 0.6) is 11.5 Å². The van der Waals surface area contributed by atoms with Crippen LogP contribution in [0.3, 0.4) is 0 Å². The van der Waals surface area contributed by atoms with Crippen molar-refractivity contribution in [3.8, 4) is 11.5 Å². The van der Waals surface area contributed by atoms with Gasteiger partial charge in [-0.15, -0.1) is 0 Å². The number of hydrogen-bond acceptors (Lipinski definition) is 3. The van der Waals surface area contributed by atoms with Gasteiger partial charge in [-0.25, -0.2) is 0 Å². The van der Waals surface area contributed by atoms with Gasteiger partial charge in [-0.2, -0.15) is 0 Å². The van der Waals surface area contributed by atoms with E-state index >= 15 is 0 Å². The fourth-order valence-corrected chi connectivity index (χ4v) is 2.02. The van der Waals surface area contributed by atoms with E-state index in [0.717, 1.165) is 35.5 Å². The van der Waals surface area contributed by atoms with Crippen molar-refractivity contribution >= 4 is 0 Å². The summed E-state index contributed by atoms with van der Waals surface area (Å²) in [5.74, 6) is 1.66. The smallest absolute Gasteiger partial charge is 0.127 e. The van der Waals surface area contributed by atoms with Gasteiger partial charge in [0.2, 0.25) is 0 Å². The molecule has 82 valence electrons. The van der Waals surface area contributed by atoms with E-state index in [2.05, 4.69) is 0 Å². The van der Waals surface area contributed by atoms with Crippen LogP contribution in [0.25, 0.3) is 0 Å². The zero-order valence-electron chi connectivity index (χ0n) is 9.46. The van der Waals surface area contributed by atoms with E-state index in [1.807, 2.05) is 19.1 Å². The fourth-order valence-electron chi connectivity index (χ4n) is 2.02. The first-order chi connectivity index (χ1) is 7.10. The van der Waals surface area contributed by atoms with Crippen molar-refractivity contribution in [1.82, 2.24) is 0 Å². The Bertz CT molecular complexity index is 383. The van der Waals surface area contributed by atoms with Crippen molar-refractivity contribution < 1.29 is 9.47 Å². The van der Waals surface area contributed by atoms with Gasteiger partial charge >= 0.3 is 0 Å². The standard InChI is InChI=1S/C12H17NO2/c1-8-6-9(14-2)7-10(15-3)11(8)12(13)4-5-12/h6-7H,4-5,13H2,1-3H3. The highest BCUT2D eigenvalue weighted by atomic mass is 16.5. The van der Waals surface area contributed by atoms with Crippen molar-refractivity contribution in [2.45, 2.75) is 25.3 Å². The topological polar surface area (TPSA) is 44.5 Å². The molecule has 0 bridgehead atoms. The molecular formula is C12H17NO2. The second-order valence-electron chi connectivity index (χ2n) is 4.18. The summed E-state index contributed by atoms with van der Waals surface area (Å²) in [6, 6.07) is 3.90. The van der Waals surface area contributed by atoms with Crippen LogP contribution < -0.4 is 15.2 Å². The molecule has 3 heteroatoms. The zero-order valence-corrected chi connectivity index (χ0v) is 9.46. The minimum Gasteiger partial charge on any atom is -0.497 e. The van der Waals surface area contributed by atoms with Gasteiger partial charge in [-0.05, 0) is 31.4 Å². The van der Waals surface area contributed by atoms with Gasteiger partial charge in [0.05, 0.1) is 14.2 Å². The van der Waals surface area contributed by atoms with E-state index in [1.165, 1.54) is 0 Å². The Balaban J connectivity index is 2.52. The predicted molar refractivity (Wildman–Crippen MR) is 59.4 cm³/mol. The number of hydrogen-bond donors (Lipinski definition) is 1. The lowest BCUT2D eigenvalue weighted by atomic mass is 9.98. The van der Waals surface area contributed by atoms with Crippen LogP contribution in [0.15, 0.2) is 12.1 Å². The molecule has 2 rings (SSSR count). The molecule has 0 aliphatic heterocycles. The summed E-state index contributed by atoms with van der Waals surface area (Å²) in [6.45, 7) is 2.05. The number of nitrogens with two attached hydrogens (primary N) is 1. The van der Waals surface area contributed by atoms with Gasteiger partial charge < -0.3 is 15.2 Å². The summed E-state index contributed by atoms with van der Waals surface area (Å²) in [6.07, 6.45) is 2.08. The maximum Gasteiger partial charge on any atom is 0.127 e. The van der Waals surface area contributed by atoms with Crippen LogP contribution in [-0.4, -0.2) is 14.2 Å². The molecule has 1 saturated carbocycles. The van der Waals surface area contributed by atoms with Crippen molar-refractivity contribution in [2.75, 3.05) is 14.2 Å². The maximum atomic E-state index is 6.22. The second-order valence-corrected chi connectivity index (χ2v) is 4.18. The molecule has 0 amide bonds. The molecule has 3 nitrogen and oxygen atoms in total. The highest BCUT2D eigenvalue weighted by Crippen LogP contribution is 2.48. The number of benzene rings is 1. The summed E-state index contributed by atoms with van der Waals surface area (Å²) in [7, 11) is 3.33. The lowest BCUT2D eigenvalue weighted by Gasteiger charge is -2.18. The number of rotatable bonds is 3. The van der Waals surface area contributed by atoms with Crippen molar-refractivity contribution in [2.24, 2.45) is 5.73 Å². The number of methoxy groups -OCH3 is 2. The third-order valence-corrected chi connectivity index (χ3v) is 3.02. The Morgan fingerprint density at radius 1 is 1.20 bits per heavy atom. The molecule has 0 atom stereocenters. The molecule has 2 N–H and O–H groups in total. The van der Waals surface area contributed by atoms with Crippen molar-refractivity contribution in [3.63, 3.8) is 0 Å². The molecule has 1 aromatic carbocycles. The molecule has 0 spiro atoms. The fraction of sp³-hybridized carbons (Fsp3) is 0.500. The normalized spacial score (nSPS) is 17.3. The Labute approximate surface area is 90.2 Å². The SMILES string of the molecule is COc1cc(C)c(C2(N)CC2)c(OC)c1. The highest BCUT2D eigenvalue weighted by molar-refractivity contribution is 5.51. The molecule has 1 aliphatic rings. The molecule has 0 radical (unpaired) electrons. The summed E-state index contributed by atoms with van der Waals surface area (Å²) in [4.78, 5) is 0. The van der Waals surface area contributed by atoms with Gasteiger partial charge in [-0.3, -0.25) is 0 Å². The molecule has 0 saturated heterocycles. The molecule has 0 heterocycles. The Hall–Kier alpha value is -1.22. The first kappa shape index (κ1) is 10.3. The highest BCUT2D eigenvalue weighted by Gasteiger charge is 2.43. The lowest BCUT2D eigenvalue weighted by Crippen LogP contribution is -2.21. The van der Waals surface area contributed by atoms with E-state index in [-0.39, 0.29) is 5.54 Å². The van der Waals surface area contributed by atoms with E-state index in [4.69, 9.17) is 15.2 Å². The van der Waals surface area contributed by atoms with Crippen LogP contribution in [0, 0.1) is 6.92 Å². The summed E-state index contributed by atoms with van der Waals surface area (Å²) in [5.41, 5.74) is 8.33. The largest absolute Gasteiger partial charge is 0.497 e. The minimum atomic E-state index is -0.165. The molecule has 1 aliphatic carbocycles. The molecule has 1 fully saturated rings. The third-order valence-electron chi connectivity index (χ3n) is 3.02. The van der Waals surface area contributed by atoms with Crippen LogP contribution in [0.1, 0.15) is 24.0 Å². The monoisotopic (exact) mass is 207 g/mol. The quantitative estimate of drug-likeness (QED) is 0.824. The molecule has 0 aromatic heterocycles. The van der Waals surface area contributed by atoms with Gasteiger partial charge in [0.1, 0.15) is 11.5 Å². The Morgan fingerprint density at radius 3 is 2.33 bits per heavy atom. The van der Waals surface area contributed by atoms with Gasteiger partial charge in [0.25, 0.3) is 0 Å². The number of ether oxygens (including phenoxy) is 2. The van der Waals surface area contributed by atoms with E-state index in [9.17, 15) is 0 Å². The second kappa shape index (κ2) is 3.42. The van der Waals surface area contributed by atoms with Crippen LogP contribution in [0.2, 0.25) is 0 Å². The Kier molecular flexibility index (Phi) is 2.35. The van der Waals surface area contributed by atoms with Gasteiger partial charge in [-0.1, -0.05) is 0 Å². The molecule has 15 heavy (non-hydrogen) atoms. The molecular weight excluding hydrogens is 190 g/mol. The summed E-state index contributed by atoms with van der Waals surface area (Å²) >= 11 is 0. The first-order valence-electron chi connectivity index (χ1n) is 5.13. The average molecular weight is 207 g/mol. The average Bonchev–Trinajstić information content (AvgIpc) is 2.95. The van der Waals surface area contributed by atoms with Crippen molar-refractivity contribution in [1.29, 1.82) is 0 Å². The maximum absolute atomic E-state index is 6.22. The van der Waals surface area contributed by atoms with Crippen LogP contribution in [0.4, 0.5) is 0 Å².